The number of rotatable bonds is 7. The van der Waals surface area contributed by atoms with E-state index in [1.54, 1.807) is 23.0 Å². The van der Waals surface area contributed by atoms with Crippen LogP contribution in [0, 0.1) is 0 Å². The number of carboxylic acids is 1. The number of carbonyl (C=O) groups is 1. The van der Waals surface area contributed by atoms with E-state index < -0.39 is 5.97 Å². The Hall–Kier alpha value is -2.74. The molecular weight excluding hydrogens is 330 g/mol. The van der Waals surface area contributed by atoms with Gasteiger partial charge in [0.1, 0.15) is 5.75 Å². The van der Waals surface area contributed by atoms with Crippen LogP contribution in [-0.2, 0) is 4.79 Å². The summed E-state index contributed by atoms with van der Waals surface area (Å²) in [6, 6.07) is 11.0. The van der Waals surface area contributed by atoms with Crippen LogP contribution in [0.15, 0.2) is 52.2 Å². The molecule has 0 amide bonds. The van der Waals surface area contributed by atoms with E-state index in [4.69, 9.17) is 14.3 Å². The van der Waals surface area contributed by atoms with Crippen LogP contribution in [0.2, 0.25) is 0 Å². The molecule has 0 spiro atoms. The van der Waals surface area contributed by atoms with Crippen molar-refractivity contribution in [2.45, 2.75) is 12.1 Å². The van der Waals surface area contributed by atoms with E-state index in [-0.39, 0.29) is 5.75 Å². The quantitative estimate of drug-likeness (QED) is 0.658. The number of nitrogens with zero attached hydrogens (tertiary/aromatic N) is 3. The Balaban J connectivity index is 2.01. The minimum Gasteiger partial charge on any atom is -0.494 e. The fourth-order valence-corrected chi connectivity index (χ4v) is 2.82. The van der Waals surface area contributed by atoms with E-state index in [9.17, 15) is 4.79 Å². The van der Waals surface area contributed by atoms with Gasteiger partial charge in [-0.05, 0) is 43.3 Å². The molecule has 0 fully saturated rings. The van der Waals surface area contributed by atoms with Gasteiger partial charge in [0.25, 0.3) is 0 Å². The summed E-state index contributed by atoms with van der Waals surface area (Å²) in [7, 11) is 0. The zero-order chi connectivity index (χ0) is 16.9. The third kappa shape index (κ3) is 3.43. The van der Waals surface area contributed by atoms with E-state index >= 15 is 0 Å². The molecule has 124 valence electrons. The van der Waals surface area contributed by atoms with E-state index in [0.29, 0.717) is 23.3 Å². The minimum atomic E-state index is -0.916. The van der Waals surface area contributed by atoms with Crippen LogP contribution in [0.1, 0.15) is 6.92 Å². The van der Waals surface area contributed by atoms with Crippen molar-refractivity contribution in [2.24, 2.45) is 0 Å². The smallest absolute Gasteiger partial charge is 0.313 e. The Morgan fingerprint density at radius 2 is 2.08 bits per heavy atom. The number of hydrogen-bond acceptors (Lipinski definition) is 6. The molecule has 24 heavy (non-hydrogen) atoms. The summed E-state index contributed by atoms with van der Waals surface area (Å²) in [5, 5.41) is 17.6. The molecule has 7 nitrogen and oxygen atoms in total. The predicted molar refractivity (Wildman–Crippen MR) is 88.6 cm³/mol. The van der Waals surface area contributed by atoms with Gasteiger partial charge in [-0.15, -0.1) is 10.2 Å². The van der Waals surface area contributed by atoms with Crippen LogP contribution in [0.3, 0.4) is 0 Å². The van der Waals surface area contributed by atoms with Gasteiger partial charge in [0.15, 0.2) is 10.9 Å². The SMILES string of the molecule is CCOc1ccc(-n2c(SCC(=O)O)nnc2-c2ccco2)cc1. The van der Waals surface area contributed by atoms with Gasteiger partial charge in [0.05, 0.1) is 24.3 Å². The second kappa shape index (κ2) is 7.22. The molecule has 0 aliphatic rings. The summed E-state index contributed by atoms with van der Waals surface area (Å²) in [6.07, 6.45) is 1.55. The summed E-state index contributed by atoms with van der Waals surface area (Å²) < 4.78 is 12.6. The van der Waals surface area contributed by atoms with Gasteiger partial charge in [-0.25, -0.2) is 0 Å². The second-order valence-electron chi connectivity index (χ2n) is 4.73. The number of thioether (sulfide) groups is 1. The normalized spacial score (nSPS) is 10.7. The number of hydrogen-bond donors (Lipinski definition) is 1. The van der Waals surface area contributed by atoms with Crippen molar-refractivity contribution in [1.29, 1.82) is 0 Å². The van der Waals surface area contributed by atoms with Gasteiger partial charge >= 0.3 is 5.97 Å². The van der Waals surface area contributed by atoms with Crippen LogP contribution in [0.5, 0.6) is 5.75 Å². The van der Waals surface area contributed by atoms with Gasteiger partial charge in [-0.3, -0.25) is 9.36 Å². The number of furan rings is 1. The van der Waals surface area contributed by atoms with Crippen molar-refractivity contribution >= 4 is 17.7 Å². The van der Waals surface area contributed by atoms with Crippen molar-refractivity contribution in [3.63, 3.8) is 0 Å². The molecule has 1 N–H and O–H groups in total. The number of benzene rings is 1. The zero-order valence-electron chi connectivity index (χ0n) is 12.9. The van der Waals surface area contributed by atoms with Crippen LogP contribution >= 0.6 is 11.8 Å². The maximum Gasteiger partial charge on any atom is 0.313 e. The molecule has 0 atom stereocenters. The first kappa shape index (κ1) is 16.1. The fourth-order valence-electron chi connectivity index (χ4n) is 2.15. The first-order chi connectivity index (χ1) is 11.7. The Morgan fingerprint density at radius 3 is 2.71 bits per heavy atom. The highest BCUT2D eigenvalue weighted by Crippen LogP contribution is 2.29. The standard InChI is InChI=1S/C16H15N3O4S/c1-2-22-12-7-5-11(6-8-12)19-15(13-4-3-9-23-13)17-18-16(19)24-10-14(20)21/h3-9H,2,10H2,1H3,(H,20,21). The molecule has 0 radical (unpaired) electrons. The number of carboxylic acid groups (broad SMARTS) is 1. The van der Waals surface area contributed by atoms with Crippen molar-refractivity contribution in [1.82, 2.24) is 14.8 Å². The Kier molecular flexibility index (Phi) is 4.85. The van der Waals surface area contributed by atoms with Gasteiger partial charge < -0.3 is 14.3 Å². The Morgan fingerprint density at radius 1 is 1.29 bits per heavy atom. The first-order valence-corrected chi connectivity index (χ1v) is 8.24. The van der Waals surface area contributed by atoms with Gasteiger partial charge in [-0.1, -0.05) is 11.8 Å². The average Bonchev–Trinajstić information content (AvgIpc) is 3.23. The predicted octanol–water partition coefficient (Wildman–Crippen LogP) is 3.10. The van der Waals surface area contributed by atoms with Crippen molar-refractivity contribution in [2.75, 3.05) is 12.4 Å². The number of aromatic nitrogens is 3. The fraction of sp³-hybridized carbons (Fsp3) is 0.188. The molecule has 8 heteroatoms. The summed E-state index contributed by atoms with van der Waals surface area (Å²) in [4.78, 5) is 10.9. The summed E-state index contributed by atoms with van der Waals surface area (Å²) >= 11 is 1.10. The van der Waals surface area contributed by atoms with Gasteiger partial charge in [0.2, 0.25) is 5.82 Å². The van der Waals surface area contributed by atoms with E-state index in [2.05, 4.69) is 10.2 Å². The van der Waals surface area contributed by atoms with Crippen LogP contribution < -0.4 is 4.74 Å². The molecule has 2 heterocycles. The summed E-state index contributed by atoms with van der Waals surface area (Å²) in [5.41, 5.74) is 0.794. The van der Waals surface area contributed by atoms with Gasteiger partial charge in [-0.2, -0.15) is 0 Å². The molecule has 0 saturated heterocycles. The van der Waals surface area contributed by atoms with Crippen LogP contribution in [0.25, 0.3) is 17.3 Å². The third-order valence-corrected chi connectivity index (χ3v) is 4.02. The lowest BCUT2D eigenvalue weighted by atomic mass is 10.3. The minimum absolute atomic E-state index is 0.104. The summed E-state index contributed by atoms with van der Waals surface area (Å²) in [6.45, 7) is 2.51. The lowest BCUT2D eigenvalue weighted by Gasteiger charge is -2.10. The van der Waals surface area contributed by atoms with Crippen LogP contribution in [0.4, 0.5) is 0 Å². The van der Waals surface area contributed by atoms with Crippen molar-refractivity contribution in [3.05, 3.63) is 42.7 Å². The lowest BCUT2D eigenvalue weighted by molar-refractivity contribution is -0.133. The van der Waals surface area contributed by atoms with Crippen molar-refractivity contribution < 1.29 is 19.1 Å². The van der Waals surface area contributed by atoms with Gasteiger partial charge in [0, 0.05) is 0 Å². The van der Waals surface area contributed by atoms with E-state index in [0.717, 1.165) is 23.2 Å². The maximum absolute atomic E-state index is 10.9. The van der Waals surface area contributed by atoms with E-state index in [1.165, 1.54) is 0 Å². The molecule has 0 aliphatic carbocycles. The highest BCUT2D eigenvalue weighted by atomic mass is 32.2. The monoisotopic (exact) mass is 345 g/mol. The molecule has 0 bridgehead atoms. The number of ether oxygens (including phenoxy) is 1. The average molecular weight is 345 g/mol. The van der Waals surface area contributed by atoms with Crippen LogP contribution in [-0.4, -0.2) is 38.2 Å². The first-order valence-electron chi connectivity index (χ1n) is 7.26. The lowest BCUT2D eigenvalue weighted by Crippen LogP contribution is -2.03. The zero-order valence-corrected chi connectivity index (χ0v) is 13.7. The third-order valence-electron chi connectivity index (χ3n) is 3.11. The molecule has 3 rings (SSSR count). The topological polar surface area (TPSA) is 90.4 Å². The Bertz CT molecular complexity index is 812. The Labute approximate surface area is 142 Å². The number of aliphatic carboxylic acids is 1. The highest BCUT2D eigenvalue weighted by molar-refractivity contribution is 7.99. The largest absolute Gasteiger partial charge is 0.494 e. The molecule has 2 aromatic heterocycles. The molecule has 1 aromatic carbocycles. The van der Waals surface area contributed by atoms with E-state index in [1.807, 2.05) is 31.2 Å². The second-order valence-corrected chi connectivity index (χ2v) is 5.67. The molecule has 3 aromatic rings. The molecule has 0 saturated carbocycles. The molecule has 0 aliphatic heterocycles. The molecule has 0 unspecified atom stereocenters. The highest BCUT2D eigenvalue weighted by Gasteiger charge is 2.18. The van der Waals surface area contributed by atoms with Crippen molar-refractivity contribution in [3.8, 4) is 23.0 Å². The maximum atomic E-state index is 10.9. The summed E-state index contributed by atoms with van der Waals surface area (Å²) in [5.74, 6) is 0.804. The molecular formula is C16H15N3O4S.